The number of hydrogen-bond acceptors (Lipinski definition) is 10. The van der Waals surface area contributed by atoms with Crippen LogP contribution in [0, 0.1) is 10.1 Å². The molecule has 1 aromatic heterocycles. The minimum Gasteiger partial charge on any atom is -0.495 e. The molecule has 31 heavy (non-hydrogen) atoms. The third kappa shape index (κ3) is 5.37. The monoisotopic (exact) mass is 431 g/mol. The molecule has 11 heteroatoms. The Kier molecular flexibility index (Phi) is 7.19. The van der Waals surface area contributed by atoms with Crippen LogP contribution in [0.2, 0.25) is 0 Å². The molecule has 1 aliphatic carbocycles. The second kappa shape index (κ2) is 10.0. The molecule has 1 heterocycles. The van der Waals surface area contributed by atoms with Gasteiger partial charge >= 0.3 is 11.7 Å². The maximum atomic E-state index is 12.5. The number of nitrogens with zero attached hydrogens (tertiary/aromatic N) is 3. The summed E-state index contributed by atoms with van der Waals surface area (Å²) >= 11 is 0. The van der Waals surface area contributed by atoms with E-state index in [1.807, 2.05) is 0 Å². The summed E-state index contributed by atoms with van der Waals surface area (Å²) in [7, 11) is 1.48. The van der Waals surface area contributed by atoms with Crippen LogP contribution in [0.3, 0.4) is 0 Å². The van der Waals surface area contributed by atoms with E-state index in [0.717, 1.165) is 0 Å². The van der Waals surface area contributed by atoms with Gasteiger partial charge in [-0.3, -0.25) is 10.1 Å². The predicted octanol–water partition coefficient (Wildman–Crippen LogP) is 3.03. The highest BCUT2D eigenvalue weighted by Gasteiger charge is 2.32. The smallest absolute Gasteiger partial charge is 0.364 e. The number of aliphatic hydroxyl groups excluding tert-OH is 1. The standard InChI is InChI=1S/C20H25N5O6/c1-3-31-19(27)16-17(25(28)29)18(22-14-6-4-5-7-15(14)30-2)24-20(23-16)21-12-8-10-13(26)11-9-12/h4-7,12-13,26H,3,8-11H2,1-2H3,(H2,21,22,23,24)/t12-,13+. The fraction of sp³-hybridized carbons (Fsp3) is 0.450. The van der Waals surface area contributed by atoms with E-state index in [0.29, 0.717) is 37.1 Å². The van der Waals surface area contributed by atoms with E-state index < -0.39 is 22.3 Å². The SMILES string of the molecule is CCOC(=O)c1nc(N[C@H]2CC[C@@H](O)CC2)nc(Nc2ccccc2OC)c1[N+](=O)[O-]. The molecule has 1 saturated carbocycles. The third-order valence-corrected chi connectivity index (χ3v) is 4.93. The summed E-state index contributed by atoms with van der Waals surface area (Å²) in [6.07, 6.45) is 2.29. The van der Waals surface area contributed by atoms with Crippen molar-refractivity contribution in [1.82, 2.24) is 9.97 Å². The number of aromatic nitrogens is 2. The van der Waals surface area contributed by atoms with Crippen LogP contribution >= 0.6 is 0 Å². The first kappa shape index (κ1) is 22.2. The van der Waals surface area contributed by atoms with Gasteiger partial charge in [0.15, 0.2) is 0 Å². The molecular formula is C20H25N5O6. The summed E-state index contributed by atoms with van der Waals surface area (Å²) in [5.74, 6) is -0.566. The number of rotatable bonds is 8. The fourth-order valence-electron chi connectivity index (χ4n) is 3.40. The normalized spacial score (nSPS) is 18.2. The number of aliphatic hydroxyl groups is 1. The number of methoxy groups -OCH3 is 1. The van der Waals surface area contributed by atoms with Crippen molar-refractivity contribution >= 4 is 29.1 Å². The third-order valence-electron chi connectivity index (χ3n) is 4.93. The molecule has 0 saturated heterocycles. The molecule has 1 aromatic carbocycles. The van der Waals surface area contributed by atoms with E-state index in [-0.39, 0.29) is 30.5 Å². The van der Waals surface area contributed by atoms with E-state index in [9.17, 15) is 20.0 Å². The summed E-state index contributed by atoms with van der Waals surface area (Å²) in [5, 5.41) is 27.6. The van der Waals surface area contributed by atoms with Gasteiger partial charge in [0.25, 0.3) is 0 Å². The molecule has 0 aliphatic heterocycles. The molecule has 3 rings (SSSR count). The highest BCUT2D eigenvalue weighted by Crippen LogP contribution is 2.34. The molecule has 2 aromatic rings. The van der Waals surface area contributed by atoms with E-state index in [1.165, 1.54) is 7.11 Å². The number of nitrogens with one attached hydrogen (secondary N) is 2. The average molecular weight is 431 g/mol. The predicted molar refractivity (Wildman–Crippen MR) is 113 cm³/mol. The van der Waals surface area contributed by atoms with Crippen molar-refractivity contribution in [2.45, 2.75) is 44.8 Å². The summed E-state index contributed by atoms with van der Waals surface area (Å²) < 4.78 is 10.3. The quantitative estimate of drug-likeness (QED) is 0.323. The topological polar surface area (TPSA) is 149 Å². The molecule has 3 N–H and O–H groups in total. The van der Waals surface area contributed by atoms with Crippen LogP contribution in [0.25, 0.3) is 0 Å². The number of para-hydroxylation sites is 2. The van der Waals surface area contributed by atoms with Gasteiger partial charge in [-0.05, 0) is 44.7 Å². The summed E-state index contributed by atoms with van der Waals surface area (Å²) in [6, 6.07) is 6.82. The highest BCUT2D eigenvalue weighted by atomic mass is 16.6. The second-order valence-corrected chi connectivity index (χ2v) is 7.05. The minimum atomic E-state index is -0.915. The van der Waals surface area contributed by atoms with Crippen molar-refractivity contribution in [2.75, 3.05) is 24.4 Å². The molecule has 11 nitrogen and oxygen atoms in total. The number of esters is 1. The van der Waals surface area contributed by atoms with Gasteiger partial charge in [-0.15, -0.1) is 0 Å². The zero-order chi connectivity index (χ0) is 22.4. The molecule has 0 amide bonds. The first-order chi connectivity index (χ1) is 14.9. The highest BCUT2D eigenvalue weighted by molar-refractivity contribution is 5.95. The zero-order valence-electron chi connectivity index (χ0n) is 17.3. The molecule has 166 valence electrons. The van der Waals surface area contributed by atoms with Crippen molar-refractivity contribution in [1.29, 1.82) is 0 Å². The number of ether oxygens (including phenoxy) is 2. The van der Waals surface area contributed by atoms with Crippen LogP contribution in [0.1, 0.15) is 43.1 Å². The van der Waals surface area contributed by atoms with Crippen molar-refractivity contribution in [2.24, 2.45) is 0 Å². The maximum Gasteiger partial charge on any atom is 0.364 e. The van der Waals surface area contributed by atoms with Gasteiger partial charge in [-0.2, -0.15) is 9.97 Å². The summed E-state index contributed by atoms with van der Waals surface area (Å²) in [6.45, 7) is 1.64. The lowest BCUT2D eigenvalue weighted by Gasteiger charge is -2.26. The van der Waals surface area contributed by atoms with Crippen molar-refractivity contribution in [3.8, 4) is 5.75 Å². The van der Waals surface area contributed by atoms with Gasteiger partial charge < -0.3 is 25.2 Å². The fourth-order valence-corrected chi connectivity index (χ4v) is 3.40. The maximum absolute atomic E-state index is 12.5. The van der Waals surface area contributed by atoms with Gasteiger partial charge in [-0.25, -0.2) is 4.79 Å². The minimum absolute atomic E-state index is 0.0287. The first-order valence-electron chi connectivity index (χ1n) is 10.0. The first-order valence-corrected chi connectivity index (χ1v) is 10.0. The van der Waals surface area contributed by atoms with Crippen molar-refractivity contribution < 1.29 is 24.3 Å². The van der Waals surface area contributed by atoms with Crippen LogP contribution in [0.5, 0.6) is 5.75 Å². The Morgan fingerprint density at radius 2 is 1.97 bits per heavy atom. The lowest BCUT2D eigenvalue weighted by Crippen LogP contribution is -2.29. The van der Waals surface area contributed by atoms with E-state index in [2.05, 4.69) is 20.6 Å². The van der Waals surface area contributed by atoms with Gasteiger partial charge in [0.1, 0.15) is 5.75 Å². The molecule has 0 unspecified atom stereocenters. The van der Waals surface area contributed by atoms with E-state index in [4.69, 9.17) is 9.47 Å². The van der Waals surface area contributed by atoms with Crippen molar-refractivity contribution in [3.05, 3.63) is 40.1 Å². The molecule has 1 fully saturated rings. The number of hydrogen-bond donors (Lipinski definition) is 3. The Bertz CT molecular complexity index is 946. The second-order valence-electron chi connectivity index (χ2n) is 7.05. The van der Waals surface area contributed by atoms with Crippen LogP contribution < -0.4 is 15.4 Å². The number of anilines is 3. The van der Waals surface area contributed by atoms with Crippen LogP contribution in [0.4, 0.5) is 23.1 Å². The lowest BCUT2D eigenvalue weighted by molar-refractivity contribution is -0.384. The Morgan fingerprint density at radius 1 is 1.26 bits per heavy atom. The van der Waals surface area contributed by atoms with Crippen LogP contribution in [0.15, 0.2) is 24.3 Å². The summed E-state index contributed by atoms with van der Waals surface area (Å²) in [4.78, 5) is 31.9. The number of carbonyl (C=O) groups is 1. The zero-order valence-corrected chi connectivity index (χ0v) is 17.3. The van der Waals surface area contributed by atoms with Gasteiger partial charge in [0, 0.05) is 6.04 Å². The number of nitro groups is 1. The number of benzene rings is 1. The van der Waals surface area contributed by atoms with Crippen molar-refractivity contribution in [3.63, 3.8) is 0 Å². The largest absolute Gasteiger partial charge is 0.495 e. The van der Waals surface area contributed by atoms with E-state index >= 15 is 0 Å². The van der Waals surface area contributed by atoms with Gasteiger partial charge in [0.2, 0.25) is 17.5 Å². The Balaban J connectivity index is 2.03. The molecule has 0 radical (unpaired) electrons. The van der Waals surface area contributed by atoms with Crippen LogP contribution in [-0.2, 0) is 4.74 Å². The van der Waals surface area contributed by atoms with Crippen LogP contribution in [-0.4, -0.2) is 51.8 Å². The summed E-state index contributed by atoms with van der Waals surface area (Å²) in [5.41, 5.74) is -0.597. The Labute approximate surface area is 179 Å². The lowest BCUT2D eigenvalue weighted by atomic mass is 9.93. The Morgan fingerprint density at radius 3 is 2.61 bits per heavy atom. The molecule has 1 aliphatic rings. The number of carbonyl (C=O) groups excluding carboxylic acids is 1. The molecular weight excluding hydrogens is 406 g/mol. The van der Waals surface area contributed by atoms with E-state index in [1.54, 1.807) is 31.2 Å². The molecule has 0 bridgehead atoms. The molecule has 0 atom stereocenters. The average Bonchev–Trinajstić information content (AvgIpc) is 2.75. The molecule has 0 spiro atoms. The van der Waals surface area contributed by atoms with Gasteiger partial charge in [0.05, 0.1) is 30.4 Å². The van der Waals surface area contributed by atoms with Gasteiger partial charge in [-0.1, -0.05) is 12.1 Å². The Hall–Kier alpha value is -3.47.